The molecule has 92 valence electrons. The lowest BCUT2D eigenvalue weighted by atomic mass is 10.2. The van der Waals surface area contributed by atoms with Crippen LogP contribution in [0.3, 0.4) is 0 Å². The lowest BCUT2D eigenvalue weighted by Gasteiger charge is -2.07. The largest absolute Gasteiger partial charge is 0.462 e. The van der Waals surface area contributed by atoms with Crippen molar-refractivity contribution in [1.82, 2.24) is 0 Å². The molecule has 0 unspecified atom stereocenters. The van der Waals surface area contributed by atoms with Crippen LogP contribution < -0.4 is 5.32 Å². The fourth-order valence-corrected chi connectivity index (χ4v) is 1.47. The van der Waals surface area contributed by atoms with Gasteiger partial charge in [0.2, 0.25) is 5.91 Å². The van der Waals surface area contributed by atoms with Crippen LogP contribution in [0, 0.1) is 0 Å². The summed E-state index contributed by atoms with van der Waals surface area (Å²) in [5.74, 6) is -0.573. The third kappa shape index (κ3) is 3.75. The van der Waals surface area contributed by atoms with E-state index in [1.165, 1.54) is 12.1 Å². The molecule has 0 aromatic heterocycles. The van der Waals surface area contributed by atoms with Gasteiger partial charge in [-0.3, -0.25) is 4.79 Å². The number of nitrogens with one attached hydrogen (secondary N) is 1. The van der Waals surface area contributed by atoms with Crippen molar-refractivity contribution in [1.29, 1.82) is 0 Å². The van der Waals surface area contributed by atoms with E-state index < -0.39 is 5.97 Å². The highest BCUT2D eigenvalue weighted by molar-refractivity contribution is 6.34. The Morgan fingerprint density at radius 3 is 2.59 bits per heavy atom. The van der Waals surface area contributed by atoms with Gasteiger partial charge in [0.25, 0.3) is 0 Å². The molecule has 0 heterocycles. The van der Waals surface area contributed by atoms with Crippen molar-refractivity contribution < 1.29 is 14.3 Å². The van der Waals surface area contributed by atoms with Gasteiger partial charge in [-0.15, -0.1) is 0 Å². The molecule has 0 saturated carbocycles. The zero-order valence-corrected chi connectivity index (χ0v) is 10.5. The Balaban J connectivity index is 2.86. The monoisotopic (exact) mass is 255 g/mol. The summed E-state index contributed by atoms with van der Waals surface area (Å²) in [7, 11) is 0. The molecule has 5 heteroatoms. The van der Waals surface area contributed by atoms with Crippen molar-refractivity contribution in [3.05, 3.63) is 28.8 Å². The van der Waals surface area contributed by atoms with Gasteiger partial charge in [0.1, 0.15) is 0 Å². The summed E-state index contributed by atoms with van der Waals surface area (Å²) in [6, 6.07) is 4.68. The van der Waals surface area contributed by atoms with E-state index in [9.17, 15) is 9.59 Å². The maximum atomic E-state index is 11.5. The van der Waals surface area contributed by atoms with E-state index in [1.807, 2.05) is 0 Å². The molecule has 1 amide bonds. The summed E-state index contributed by atoms with van der Waals surface area (Å²) in [4.78, 5) is 22.6. The average molecular weight is 256 g/mol. The third-order valence-electron chi connectivity index (χ3n) is 2.07. The topological polar surface area (TPSA) is 55.4 Å². The predicted molar refractivity (Wildman–Crippen MR) is 66.3 cm³/mol. The number of hydrogen-bond donors (Lipinski definition) is 1. The second kappa shape index (κ2) is 6.25. The maximum Gasteiger partial charge on any atom is 0.339 e. The van der Waals surface area contributed by atoms with E-state index in [4.69, 9.17) is 16.3 Å². The first-order valence-corrected chi connectivity index (χ1v) is 5.72. The quantitative estimate of drug-likeness (QED) is 0.842. The Labute approximate surface area is 105 Å². The molecule has 0 spiro atoms. The molecular formula is C12H14ClNO3. The first-order valence-electron chi connectivity index (χ1n) is 5.35. The Bertz CT molecular complexity index is 432. The van der Waals surface area contributed by atoms with Gasteiger partial charge < -0.3 is 10.1 Å². The predicted octanol–water partition coefficient (Wildman–Crippen LogP) is 2.87. The van der Waals surface area contributed by atoms with Crippen LogP contribution >= 0.6 is 11.6 Å². The molecule has 1 rings (SSSR count). The molecule has 0 aliphatic heterocycles. The van der Waals surface area contributed by atoms with E-state index in [0.29, 0.717) is 24.3 Å². The van der Waals surface area contributed by atoms with Crippen molar-refractivity contribution >= 4 is 29.2 Å². The molecule has 0 atom stereocenters. The van der Waals surface area contributed by atoms with Crippen LogP contribution in [-0.2, 0) is 9.53 Å². The fourth-order valence-electron chi connectivity index (χ4n) is 1.22. The Kier molecular flexibility index (Phi) is 4.97. The molecule has 4 nitrogen and oxygen atoms in total. The van der Waals surface area contributed by atoms with Gasteiger partial charge in [-0.1, -0.05) is 18.5 Å². The number of carbonyl (C=O) groups excluding carboxylic acids is 2. The average Bonchev–Trinajstić information content (AvgIpc) is 2.29. The Morgan fingerprint density at radius 2 is 2.06 bits per heavy atom. The van der Waals surface area contributed by atoms with Gasteiger partial charge in [0, 0.05) is 12.1 Å². The maximum absolute atomic E-state index is 11.5. The number of esters is 1. The number of anilines is 1. The minimum Gasteiger partial charge on any atom is -0.462 e. The highest BCUT2D eigenvalue weighted by Gasteiger charge is 2.12. The summed E-state index contributed by atoms with van der Waals surface area (Å²) >= 11 is 5.93. The molecule has 1 aromatic rings. The van der Waals surface area contributed by atoms with Crippen LogP contribution in [0.1, 0.15) is 30.6 Å². The normalized spacial score (nSPS) is 9.82. The number of ether oxygens (including phenoxy) is 1. The van der Waals surface area contributed by atoms with Crippen molar-refractivity contribution in [2.45, 2.75) is 20.3 Å². The lowest BCUT2D eigenvalue weighted by molar-refractivity contribution is -0.115. The SMILES string of the molecule is CCOC(=O)c1ccc(NC(=O)CC)cc1Cl. The molecular weight excluding hydrogens is 242 g/mol. The summed E-state index contributed by atoms with van der Waals surface area (Å²) in [5, 5.41) is 2.92. The molecule has 0 fully saturated rings. The van der Waals surface area contributed by atoms with Crippen LogP contribution in [-0.4, -0.2) is 18.5 Å². The van der Waals surface area contributed by atoms with E-state index in [-0.39, 0.29) is 10.9 Å². The number of amides is 1. The van der Waals surface area contributed by atoms with Crippen LogP contribution in [0.5, 0.6) is 0 Å². The molecule has 0 radical (unpaired) electrons. The van der Waals surface area contributed by atoms with Crippen molar-refractivity contribution in [2.75, 3.05) is 11.9 Å². The number of halogens is 1. The van der Waals surface area contributed by atoms with Crippen LogP contribution in [0.15, 0.2) is 18.2 Å². The van der Waals surface area contributed by atoms with Crippen LogP contribution in [0.25, 0.3) is 0 Å². The van der Waals surface area contributed by atoms with Crippen LogP contribution in [0.4, 0.5) is 5.69 Å². The van der Waals surface area contributed by atoms with Gasteiger partial charge in [-0.2, -0.15) is 0 Å². The van der Waals surface area contributed by atoms with E-state index >= 15 is 0 Å². The summed E-state index contributed by atoms with van der Waals surface area (Å²) in [6.45, 7) is 3.77. The zero-order chi connectivity index (χ0) is 12.8. The van der Waals surface area contributed by atoms with Gasteiger partial charge in [0.05, 0.1) is 17.2 Å². The van der Waals surface area contributed by atoms with E-state index in [1.54, 1.807) is 19.9 Å². The second-order valence-corrected chi connectivity index (χ2v) is 3.72. The summed E-state index contributed by atoms with van der Waals surface area (Å²) in [5.41, 5.74) is 0.859. The molecule has 0 saturated heterocycles. The van der Waals surface area contributed by atoms with Crippen molar-refractivity contribution in [3.8, 4) is 0 Å². The van der Waals surface area contributed by atoms with Gasteiger partial charge >= 0.3 is 5.97 Å². The second-order valence-electron chi connectivity index (χ2n) is 3.32. The Morgan fingerprint density at radius 1 is 1.35 bits per heavy atom. The smallest absolute Gasteiger partial charge is 0.339 e. The molecule has 0 aliphatic rings. The third-order valence-corrected chi connectivity index (χ3v) is 2.38. The summed E-state index contributed by atoms with van der Waals surface area (Å²) in [6.07, 6.45) is 0.386. The summed E-state index contributed by atoms with van der Waals surface area (Å²) < 4.78 is 4.84. The number of rotatable bonds is 4. The van der Waals surface area contributed by atoms with E-state index in [0.717, 1.165) is 0 Å². The number of carbonyl (C=O) groups is 2. The minimum atomic E-state index is -0.467. The van der Waals surface area contributed by atoms with Gasteiger partial charge in [-0.05, 0) is 25.1 Å². The molecule has 17 heavy (non-hydrogen) atoms. The van der Waals surface area contributed by atoms with Crippen molar-refractivity contribution in [2.24, 2.45) is 0 Å². The fraction of sp³-hybridized carbons (Fsp3) is 0.333. The van der Waals surface area contributed by atoms with Crippen LogP contribution in [0.2, 0.25) is 5.02 Å². The highest BCUT2D eigenvalue weighted by atomic mass is 35.5. The molecule has 0 aliphatic carbocycles. The number of benzene rings is 1. The molecule has 1 aromatic carbocycles. The zero-order valence-electron chi connectivity index (χ0n) is 9.75. The van der Waals surface area contributed by atoms with Gasteiger partial charge in [0.15, 0.2) is 0 Å². The molecule has 0 bridgehead atoms. The standard InChI is InChI=1S/C12H14ClNO3/c1-3-11(15)14-8-5-6-9(10(13)7-8)12(16)17-4-2/h5-7H,3-4H2,1-2H3,(H,14,15). The molecule has 1 N–H and O–H groups in total. The Hall–Kier alpha value is -1.55. The van der Waals surface area contributed by atoms with E-state index in [2.05, 4.69) is 5.32 Å². The highest BCUT2D eigenvalue weighted by Crippen LogP contribution is 2.21. The minimum absolute atomic E-state index is 0.107. The number of hydrogen-bond acceptors (Lipinski definition) is 3. The first-order chi connectivity index (χ1) is 8.08. The van der Waals surface area contributed by atoms with Gasteiger partial charge in [-0.25, -0.2) is 4.79 Å². The van der Waals surface area contributed by atoms with Crippen molar-refractivity contribution in [3.63, 3.8) is 0 Å². The first kappa shape index (κ1) is 13.5. The lowest BCUT2D eigenvalue weighted by Crippen LogP contribution is -2.10.